The van der Waals surface area contributed by atoms with Gasteiger partial charge in [0.1, 0.15) is 0 Å². The van der Waals surface area contributed by atoms with E-state index < -0.39 is 11.0 Å². The van der Waals surface area contributed by atoms with Crippen LogP contribution in [0.2, 0.25) is 0 Å². The summed E-state index contributed by atoms with van der Waals surface area (Å²) in [6, 6.07) is 17.1. The zero-order chi connectivity index (χ0) is 17.1. The average molecular weight is 353 g/mol. The third-order valence-electron chi connectivity index (χ3n) is 4.12. The van der Waals surface area contributed by atoms with Crippen LogP contribution < -0.4 is 14.9 Å². The van der Waals surface area contributed by atoms with Crippen molar-refractivity contribution in [1.82, 2.24) is 15.3 Å². The van der Waals surface area contributed by atoms with E-state index in [2.05, 4.69) is 19.9 Å². The summed E-state index contributed by atoms with van der Waals surface area (Å²) in [4.78, 5) is 12.4. The van der Waals surface area contributed by atoms with Crippen molar-refractivity contribution in [3.8, 4) is 0 Å². The highest BCUT2D eigenvalue weighted by Gasteiger charge is 2.19. The molecule has 1 unspecified atom stereocenters. The monoisotopic (exact) mass is 353 g/mol. The lowest BCUT2D eigenvalue weighted by Gasteiger charge is -2.29. The van der Waals surface area contributed by atoms with Crippen LogP contribution in [0.1, 0.15) is 0 Å². The summed E-state index contributed by atoms with van der Waals surface area (Å²) in [6.45, 7) is 3.49. The highest BCUT2D eigenvalue weighted by atomic mass is 32.2. The first-order valence-electron chi connectivity index (χ1n) is 8.27. The van der Waals surface area contributed by atoms with Crippen molar-refractivity contribution in [2.45, 2.75) is 4.90 Å². The Balaban J connectivity index is 1.73. The second-order valence-corrected chi connectivity index (χ2v) is 7.02. The third-order valence-corrected chi connectivity index (χ3v) is 5.19. The molecule has 0 bridgehead atoms. The van der Waals surface area contributed by atoms with Crippen LogP contribution in [-0.2, 0) is 11.0 Å². The van der Waals surface area contributed by atoms with Crippen LogP contribution in [0.3, 0.4) is 0 Å². The molecular weight excluding hydrogens is 334 g/mol. The molecule has 0 spiro atoms. The van der Waals surface area contributed by atoms with Crippen LogP contribution >= 0.6 is 0 Å². The summed E-state index contributed by atoms with van der Waals surface area (Å²) in [5, 5.41) is 3.34. The third kappa shape index (κ3) is 3.47. The van der Waals surface area contributed by atoms with E-state index in [0.29, 0.717) is 10.7 Å². The first-order chi connectivity index (χ1) is 12.3. The van der Waals surface area contributed by atoms with Gasteiger partial charge in [0.2, 0.25) is 0 Å². The number of hydrogen-bond donors (Lipinski definition) is 2. The predicted molar refractivity (Wildman–Crippen MR) is 101 cm³/mol. The van der Waals surface area contributed by atoms with Crippen molar-refractivity contribution in [1.29, 1.82) is 0 Å². The Morgan fingerprint density at radius 2 is 1.56 bits per heavy atom. The number of anilines is 2. The molecule has 2 N–H and O–H groups in total. The number of nitrogens with zero attached hydrogens (tertiary/aromatic N) is 3. The highest BCUT2D eigenvalue weighted by molar-refractivity contribution is 7.86. The van der Waals surface area contributed by atoms with E-state index in [1.165, 1.54) is 0 Å². The molecule has 0 amide bonds. The number of aromatic nitrogens is 2. The van der Waals surface area contributed by atoms with E-state index in [1.54, 1.807) is 0 Å². The lowest BCUT2D eigenvalue weighted by atomic mass is 10.3. The number of nitrogens with one attached hydrogen (secondary N) is 2. The smallest absolute Gasteiger partial charge is 0.182 e. The standard InChI is InChI=1S/C18H19N5OS/c24-25(14-6-2-1-3-7-14)22-17-18(23-12-10-19-11-13-23)21-16-9-5-4-8-15(16)20-17/h1-9,19H,10-13H2,(H,20,22). The van der Waals surface area contributed by atoms with Crippen LogP contribution in [-0.4, -0.2) is 40.4 Å². The van der Waals surface area contributed by atoms with Gasteiger partial charge in [-0.3, -0.25) is 4.72 Å². The normalized spacial score (nSPS) is 15.9. The molecule has 1 aliphatic heterocycles. The van der Waals surface area contributed by atoms with Crippen LogP contribution in [0.25, 0.3) is 11.0 Å². The van der Waals surface area contributed by atoms with Gasteiger partial charge in [0.15, 0.2) is 22.6 Å². The van der Waals surface area contributed by atoms with Gasteiger partial charge in [-0.1, -0.05) is 30.3 Å². The average Bonchev–Trinajstić information content (AvgIpc) is 2.69. The maximum atomic E-state index is 12.7. The molecule has 0 saturated carbocycles. The van der Waals surface area contributed by atoms with E-state index in [4.69, 9.17) is 4.98 Å². The Hall–Kier alpha value is -2.51. The lowest BCUT2D eigenvalue weighted by molar-refractivity contribution is 0.585. The number of benzene rings is 2. The molecule has 128 valence electrons. The molecule has 4 rings (SSSR count). The van der Waals surface area contributed by atoms with E-state index in [1.807, 2.05) is 54.6 Å². The molecule has 7 heteroatoms. The predicted octanol–water partition coefficient (Wildman–Crippen LogP) is 2.17. The van der Waals surface area contributed by atoms with E-state index in [-0.39, 0.29) is 0 Å². The van der Waals surface area contributed by atoms with Crippen molar-refractivity contribution in [2.24, 2.45) is 0 Å². The van der Waals surface area contributed by atoms with E-state index >= 15 is 0 Å². The molecule has 2 aromatic carbocycles. The number of fused-ring (bicyclic) bond motifs is 1. The molecule has 1 aromatic heterocycles. The minimum Gasteiger partial charge on any atom is -0.351 e. The van der Waals surface area contributed by atoms with Crippen LogP contribution in [0.4, 0.5) is 11.6 Å². The fraction of sp³-hybridized carbons (Fsp3) is 0.222. The number of hydrogen-bond acceptors (Lipinski definition) is 5. The zero-order valence-electron chi connectivity index (χ0n) is 13.7. The maximum Gasteiger partial charge on any atom is 0.182 e. The second kappa shape index (κ2) is 7.16. The Bertz CT molecular complexity index is 896. The zero-order valence-corrected chi connectivity index (χ0v) is 14.5. The molecule has 0 radical (unpaired) electrons. The van der Waals surface area contributed by atoms with Gasteiger partial charge < -0.3 is 10.2 Å². The summed E-state index contributed by atoms with van der Waals surface area (Å²) in [5.74, 6) is 1.31. The fourth-order valence-electron chi connectivity index (χ4n) is 2.85. The maximum absolute atomic E-state index is 12.7. The van der Waals surface area contributed by atoms with Crippen LogP contribution in [0.15, 0.2) is 59.5 Å². The van der Waals surface area contributed by atoms with Crippen LogP contribution in [0, 0.1) is 0 Å². The largest absolute Gasteiger partial charge is 0.351 e. The van der Waals surface area contributed by atoms with Gasteiger partial charge in [0.25, 0.3) is 0 Å². The van der Waals surface area contributed by atoms with Gasteiger partial charge in [-0.05, 0) is 24.3 Å². The Morgan fingerprint density at radius 3 is 2.28 bits per heavy atom. The summed E-state index contributed by atoms with van der Waals surface area (Å²) >= 11 is 0. The summed E-state index contributed by atoms with van der Waals surface area (Å²) in [7, 11) is -1.39. The molecule has 1 aliphatic rings. The van der Waals surface area contributed by atoms with Crippen molar-refractivity contribution >= 4 is 33.7 Å². The molecule has 25 heavy (non-hydrogen) atoms. The fourth-order valence-corrected chi connectivity index (χ4v) is 3.68. The minimum atomic E-state index is -1.39. The van der Waals surface area contributed by atoms with Gasteiger partial charge >= 0.3 is 0 Å². The highest BCUT2D eigenvalue weighted by Crippen LogP contribution is 2.26. The quantitative estimate of drug-likeness (QED) is 0.752. The molecule has 1 saturated heterocycles. The number of piperazine rings is 1. The van der Waals surface area contributed by atoms with Crippen molar-refractivity contribution in [2.75, 3.05) is 35.8 Å². The number of rotatable bonds is 4. The SMILES string of the molecule is O=S(Nc1nc2ccccc2nc1N1CCNCC1)c1ccccc1. The Morgan fingerprint density at radius 1 is 0.920 bits per heavy atom. The molecule has 1 fully saturated rings. The van der Waals surface area contributed by atoms with Gasteiger partial charge in [-0.15, -0.1) is 0 Å². The first kappa shape index (κ1) is 16.0. The molecule has 1 atom stereocenters. The second-order valence-electron chi connectivity index (χ2n) is 5.81. The first-order valence-corrected chi connectivity index (χ1v) is 9.42. The molecule has 0 aliphatic carbocycles. The number of para-hydroxylation sites is 2. The molecular formula is C18H19N5OS. The van der Waals surface area contributed by atoms with E-state index in [0.717, 1.165) is 43.0 Å². The summed E-state index contributed by atoms with van der Waals surface area (Å²) < 4.78 is 15.7. The molecule has 6 nitrogen and oxygen atoms in total. The molecule has 2 heterocycles. The van der Waals surface area contributed by atoms with Gasteiger partial charge in [0, 0.05) is 26.2 Å². The van der Waals surface area contributed by atoms with Crippen molar-refractivity contribution in [3.63, 3.8) is 0 Å². The Kier molecular flexibility index (Phi) is 4.58. The van der Waals surface area contributed by atoms with Gasteiger partial charge in [-0.2, -0.15) is 0 Å². The van der Waals surface area contributed by atoms with Crippen LogP contribution in [0.5, 0.6) is 0 Å². The molecule has 3 aromatic rings. The minimum absolute atomic E-state index is 0.558. The topological polar surface area (TPSA) is 70.2 Å². The van der Waals surface area contributed by atoms with Crippen molar-refractivity contribution in [3.05, 3.63) is 54.6 Å². The van der Waals surface area contributed by atoms with Gasteiger partial charge in [-0.25, -0.2) is 14.2 Å². The van der Waals surface area contributed by atoms with Gasteiger partial charge in [0.05, 0.1) is 15.9 Å². The summed E-state index contributed by atoms with van der Waals surface area (Å²) in [6.07, 6.45) is 0. The lowest BCUT2D eigenvalue weighted by Crippen LogP contribution is -2.44. The summed E-state index contributed by atoms with van der Waals surface area (Å²) in [5.41, 5.74) is 1.63. The van der Waals surface area contributed by atoms with E-state index in [9.17, 15) is 4.21 Å². The van der Waals surface area contributed by atoms with Crippen molar-refractivity contribution < 1.29 is 4.21 Å². The Labute approximate surface area is 148 Å².